The van der Waals surface area contributed by atoms with Gasteiger partial charge in [0.1, 0.15) is 11.5 Å². The molecule has 250 valence electrons. The standard InChI is InChI=1S/C37H39N3O8/c1-41-28-18-27(19-29(21-28)42-2)40(26-10-12-39-31(20-26)25-16-34(45-5)37(48-8)35(17-25)46-6)22-23-9-11-38-30(13-23)24-14-32(43-3)36(47-7)33(15-24)44-4/h9-21H,22H2,1-8H3. The first-order valence-corrected chi connectivity index (χ1v) is 14.9. The van der Waals surface area contributed by atoms with Gasteiger partial charge in [-0.15, -0.1) is 0 Å². The SMILES string of the molecule is COc1cc(OC)cc(N(Cc2ccnc(-c3cc(OC)c(OC)c(OC)c3)c2)c2ccnc(-c3cc(OC)c(OC)c(OC)c3)c2)c1. The number of hydrogen-bond donors (Lipinski definition) is 0. The fraction of sp³-hybridized carbons (Fsp3) is 0.243. The number of anilines is 2. The molecule has 0 aliphatic heterocycles. The fourth-order valence-corrected chi connectivity index (χ4v) is 5.40. The van der Waals surface area contributed by atoms with Crippen LogP contribution in [0.5, 0.6) is 46.0 Å². The van der Waals surface area contributed by atoms with Gasteiger partial charge in [0.05, 0.1) is 68.3 Å². The van der Waals surface area contributed by atoms with Crippen LogP contribution >= 0.6 is 0 Å². The van der Waals surface area contributed by atoms with Crippen molar-refractivity contribution in [2.45, 2.75) is 6.54 Å². The molecule has 0 saturated heterocycles. The maximum Gasteiger partial charge on any atom is 0.203 e. The first kappa shape index (κ1) is 33.5. The molecule has 2 heterocycles. The Morgan fingerprint density at radius 2 is 0.917 bits per heavy atom. The highest BCUT2D eigenvalue weighted by molar-refractivity contribution is 5.75. The number of ether oxygens (including phenoxy) is 8. The topological polar surface area (TPSA) is 103 Å². The molecule has 0 unspecified atom stereocenters. The van der Waals surface area contributed by atoms with E-state index >= 15 is 0 Å². The van der Waals surface area contributed by atoms with E-state index in [1.165, 1.54) is 0 Å². The van der Waals surface area contributed by atoms with Gasteiger partial charge in [-0.2, -0.15) is 0 Å². The minimum absolute atomic E-state index is 0.467. The summed E-state index contributed by atoms with van der Waals surface area (Å²) in [5.41, 5.74) is 5.76. The zero-order valence-electron chi connectivity index (χ0n) is 28.3. The van der Waals surface area contributed by atoms with Crippen molar-refractivity contribution in [3.05, 3.63) is 84.7 Å². The summed E-state index contributed by atoms with van der Waals surface area (Å²) < 4.78 is 44.7. The summed E-state index contributed by atoms with van der Waals surface area (Å²) in [5.74, 6) is 4.47. The van der Waals surface area contributed by atoms with E-state index in [-0.39, 0.29) is 0 Å². The van der Waals surface area contributed by atoms with Crippen LogP contribution in [0.1, 0.15) is 5.56 Å². The Kier molecular flexibility index (Phi) is 10.6. The molecule has 0 radical (unpaired) electrons. The van der Waals surface area contributed by atoms with Gasteiger partial charge in [0.2, 0.25) is 11.5 Å². The third-order valence-corrected chi connectivity index (χ3v) is 7.79. The smallest absolute Gasteiger partial charge is 0.203 e. The van der Waals surface area contributed by atoms with Crippen LogP contribution in [0.25, 0.3) is 22.5 Å². The molecule has 0 N–H and O–H groups in total. The van der Waals surface area contributed by atoms with Crippen molar-refractivity contribution < 1.29 is 37.9 Å². The second-order valence-electron chi connectivity index (χ2n) is 10.4. The fourth-order valence-electron chi connectivity index (χ4n) is 5.40. The molecule has 0 atom stereocenters. The molecule has 2 aromatic heterocycles. The first-order chi connectivity index (χ1) is 23.4. The third kappa shape index (κ3) is 6.95. The molecule has 0 bridgehead atoms. The number of methoxy groups -OCH3 is 8. The van der Waals surface area contributed by atoms with E-state index in [1.807, 2.05) is 66.7 Å². The molecule has 0 amide bonds. The molecule has 5 aromatic rings. The van der Waals surface area contributed by atoms with E-state index in [1.54, 1.807) is 69.3 Å². The molecule has 48 heavy (non-hydrogen) atoms. The number of pyridine rings is 2. The van der Waals surface area contributed by atoms with Crippen LogP contribution in [0, 0.1) is 0 Å². The van der Waals surface area contributed by atoms with E-state index in [9.17, 15) is 0 Å². The molecular formula is C37H39N3O8. The lowest BCUT2D eigenvalue weighted by Crippen LogP contribution is -2.17. The van der Waals surface area contributed by atoms with Crippen LogP contribution in [0.4, 0.5) is 11.4 Å². The highest BCUT2D eigenvalue weighted by Crippen LogP contribution is 2.43. The van der Waals surface area contributed by atoms with Crippen LogP contribution in [0.3, 0.4) is 0 Å². The van der Waals surface area contributed by atoms with Crippen molar-refractivity contribution in [2.24, 2.45) is 0 Å². The number of aromatic nitrogens is 2. The van der Waals surface area contributed by atoms with Gasteiger partial charge in [0.25, 0.3) is 0 Å². The summed E-state index contributed by atoms with van der Waals surface area (Å²) in [7, 11) is 12.8. The molecule has 0 saturated carbocycles. The summed E-state index contributed by atoms with van der Waals surface area (Å²) in [4.78, 5) is 11.5. The predicted octanol–water partition coefficient (Wildman–Crippen LogP) is 7.22. The van der Waals surface area contributed by atoms with Gasteiger partial charge >= 0.3 is 0 Å². The molecule has 0 spiro atoms. The maximum atomic E-state index is 5.64. The minimum atomic E-state index is 0.467. The second kappa shape index (κ2) is 15.2. The number of nitrogens with zero attached hydrogens (tertiary/aromatic N) is 3. The quantitative estimate of drug-likeness (QED) is 0.121. The molecule has 5 rings (SSSR count). The average Bonchev–Trinajstić information content (AvgIpc) is 3.15. The van der Waals surface area contributed by atoms with Gasteiger partial charge in [0, 0.05) is 59.6 Å². The molecule has 3 aromatic carbocycles. The Labute approximate surface area is 280 Å². The van der Waals surface area contributed by atoms with Crippen LogP contribution in [0.15, 0.2) is 79.1 Å². The molecule has 0 aliphatic carbocycles. The van der Waals surface area contributed by atoms with Crippen molar-refractivity contribution >= 4 is 11.4 Å². The highest BCUT2D eigenvalue weighted by atomic mass is 16.5. The lowest BCUT2D eigenvalue weighted by atomic mass is 10.1. The van der Waals surface area contributed by atoms with Crippen molar-refractivity contribution in [2.75, 3.05) is 61.8 Å². The lowest BCUT2D eigenvalue weighted by molar-refractivity contribution is 0.324. The van der Waals surface area contributed by atoms with Crippen molar-refractivity contribution in [1.29, 1.82) is 0 Å². The van der Waals surface area contributed by atoms with Gasteiger partial charge < -0.3 is 42.8 Å². The molecule has 11 nitrogen and oxygen atoms in total. The zero-order chi connectivity index (χ0) is 34.2. The van der Waals surface area contributed by atoms with Crippen molar-refractivity contribution in [3.8, 4) is 68.5 Å². The lowest BCUT2D eigenvalue weighted by Gasteiger charge is -2.27. The Morgan fingerprint density at radius 3 is 1.35 bits per heavy atom. The summed E-state index contributed by atoms with van der Waals surface area (Å²) in [5, 5.41) is 0. The number of benzene rings is 3. The van der Waals surface area contributed by atoms with Crippen LogP contribution in [0.2, 0.25) is 0 Å². The van der Waals surface area contributed by atoms with Crippen molar-refractivity contribution in [3.63, 3.8) is 0 Å². The highest BCUT2D eigenvalue weighted by Gasteiger charge is 2.19. The molecule has 0 aliphatic rings. The van der Waals surface area contributed by atoms with Crippen molar-refractivity contribution in [1.82, 2.24) is 9.97 Å². The maximum absolute atomic E-state index is 5.64. The first-order valence-electron chi connectivity index (χ1n) is 14.9. The summed E-state index contributed by atoms with van der Waals surface area (Å²) in [6, 6.07) is 21.2. The molecular weight excluding hydrogens is 614 g/mol. The van der Waals surface area contributed by atoms with Crippen LogP contribution in [-0.2, 0) is 6.54 Å². The van der Waals surface area contributed by atoms with E-state index < -0.39 is 0 Å². The van der Waals surface area contributed by atoms with E-state index in [4.69, 9.17) is 42.9 Å². The Balaban J connectivity index is 1.62. The Morgan fingerprint density at radius 1 is 0.458 bits per heavy atom. The summed E-state index contributed by atoms with van der Waals surface area (Å²) in [6.45, 7) is 0.467. The van der Waals surface area contributed by atoms with Gasteiger partial charge in [-0.25, -0.2) is 0 Å². The monoisotopic (exact) mass is 653 g/mol. The Bertz CT molecular complexity index is 1810. The van der Waals surface area contributed by atoms with E-state index in [0.29, 0.717) is 58.2 Å². The van der Waals surface area contributed by atoms with Gasteiger partial charge in [-0.05, 0) is 54.1 Å². The van der Waals surface area contributed by atoms with E-state index in [0.717, 1.165) is 33.8 Å². The van der Waals surface area contributed by atoms with E-state index in [2.05, 4.69) is 9.88 Å². The normalized spacial score (nSPS) is 10.6. The molecule has 0 fully saturated rings. The molecule has 11 heteroatoms. The third-order valence-electron chi connectivity index (χ3n) is 7.79. The van der Waals surface area contributed by atoms with Gasteiger partial charge in [-0.3, -0.25) is 9.97 Å². The predicted molar refractivity (Wildman–Crippen MR) is 184 cm³/mol. The largest absolute Gasteiger partial charge is 0.497 e. The summed E-state index contributed by atoms with van der Waals surface area (Å²) >= 11 is 0. The second-order valence-corrected chi connectivity index (χ2v) is 10.4. The number of hydrogen-bond acceptors (Lipinski definition) is 11. The zero-order valence-corrected chi connectivity index (χ0v) is 28.3. The number of rotatable bonds is 14. The van der Waals surface area contributed by atoms with Gasteiger partial charge in [-0.1, -0.05) is 0 Å². The summed E-state index contributed by atoms with van der Waals surface area (Å²) in [6.07, 6.45) is 3.55. The van der Waals surface area contributed by atoms with Crippen LogP contribution in [-0.4, -0.2) is 66.8 Å². The van der Waals surface area contributed by atoms with Crippen LogP contribution < -0.4 is 42.8 Å². The minimum Gasteiger partial charge on any atom is -0.497 e. The van der Waals surface area contributed by atoms with Gasteiger partial charge in [0.15, 0.2) is 23.0 Å². The Hall–Kier alpha value is -5.84. The average molecular weight is 654 g/mol.